The van der Waals surface area contributed by atoms with E-state index in [0.29, 0.717) is 11.1 Å². The fraction of sp³-hybridized carbons (Fsp3) is 0.235. The lowest BCUT2D eigenvalue weighted by Crippen LogP contribution is -2.27. The predicted octanol–water partition coefficient (Wildman–Crippen LogP) is 4.81. The highest BCUT2D eigenvalue weighted by Crippen LogP contribution is 2.36. The van der Waals surface area contributed by atoms with Gasteiger partial charge in [-0.1, -0.05) is 12.1 Å². The summed E-state index contributed by atoms with van der Waals surface area (Å²) in [4.78, 5) is 13.4. The van der Waals surface area contributed by atoms with E-state index in [1.807, 2.05) is 6.07 Å². The molecule has 1 heterocycles. The van der Waals surface area contributed by atoms with Crippen molar-refractivity contribution in [3.8, 4) is 0 Å². The van der Waals surface area contributed by atoms with Crippen molar-refractivity contribution < 1.29 is 18.0 Å². The van der Waals surface area contributed by atoms with Gasteiger partial charge in [0.25, 0.3) is 5.91 Å². The lowest BCUT2D eigenvalue weighted by Gasteiger charge is -2.22. The lowest BCUT2D eigenvalue weighted by molar-refractivity contribution is 0.0470. The van der Waals surface area contributed by atoms with Crippen molar-refractivity contribution >= 4 is 28.5 Å². The number of fused-ring (bicyclic) bond motifs is 1. The number of nitrogens with zero attached hydrogens (tertiary/aromatic N) is 1. The van der Waals surface area contributed by atoms with Crippen molar-refractivity contribution in [3.63, 3.8) is 0 Å². The van der Waals surface area contributed by atoms with Crippen molar-refractivity contribution in [2.75, 3.05) is 0 Å². The molecule has 120 valence electrons. The van der Waals surface area contributed by atoms with Crippen molar-refractivity contribution in [2.24, 2.45) is 0 Å². The summed E-state index contributed by atoms with van der Waals surface area (Å²) in [6.45, 7) is 3.22. The minimum absolute atomic E-state index is 0.0436. The summed E-state index contributed by atoms with van der Waals surface area (Å²) in [6.07, 6.45) is -2.03. The van der Waals surface area contributed by atoms with E-state index in [4.69, 9.17) is 0 Å². The Balaban J connectivity index is 2.00. The molecule has 0 saturated carbocycles. The van der Waals surface area contributed by atoms with E-state index >= 15 is 0 Å². The van der Waals surface area contributed by atoms with Crippen LogP contribution < -0.4 is 0 Å². The number of halogens is 4. The molecule has 0 fully saturated rings. The molecule has 0 bridgehead atoms. The number of benzene rings is 2. The highest BCUT2D eigenvalue weighted by atomic mass is 127. The maximum absolute atomic E-state index is 14.8. The maximum Gasteiger partial charge on any atom is 0.257 e. The summed E-state index contributed by atoms with van der Waals surface area (Å²) < 4.78 is 43.4. The van der Waals surface area contributed by atoms with Crippen LogP contribution in [0.2, 0.25) is 0 Å². The van der Waals surface area contributed by atoms with Crippen LogP contribution in [-0.4, -0.2) is 10.8 Å². The molecule has 1 aliphatic rings. The molecule has 0 aromatic heterocycles. The minimum atomic E-state index is -2.03. The van der Waals surface area contributed by atoms with Gasteiger partial charge in [0.15, 0.2) is 11.6 Å². The first-order valence-corrected chi connectivity index (χ1v) is 8.07. The monoisotopic (exact) mass is 431 g/mol. The largest absolute Gasteiger partial charge is 0.300 e. The number of carbonyl (C=O) groups is 1. The van der Waals surface area contributed by atoms with E-state index in [2.05, 4.69) is 22.6 Å². The summed E-state index contributed by atoms with van der Waals surface area (Å²) in [5, 5.41) is 0. The Morgan fingerprint density at radius 1 is 1.13 bits per heavy atom. The number of alkyl halides is 1. The first-order chi connectivity index (χ1) is 10.8. The van der Waals surface area contributed by atoms with Crippen LogP contribution in [0.5, 0.6) is 0 Å². The second-order valence-electron chi connectivity index (χ2n) is 5.63. The summed E-state index contributed by atoms with van der Waals surface area (Å²) >= 11 is 2.12. The molecule has 1 aliphatic heterocycles. The third-order valence-electron chi connectivity index (χ3n) is 4.03. The van der Waals surface area contributed by atoms with Gasteiger partial charge in [-0.2, -0.15) is 0 Å². The smallest absolute Gasteiger partial charge is 0.257 e. The Bertz CT molecular complexity index is 822. The molecular weight excluding hydrogens is 418 g/mol. The molecule has 0 aliphatic carbocycles. The second-order valence-corrected chi connectivity index (χ2v) is 6.87. The van der Waals surface area contributed by atoms with Crippen LogP contribution in [0, 0.1) is 29.1 Å². The average molecular weight is 431 g/mol. The summed E-state index contributed by atoms with van der Waals surface area (Å²) in [6, 6.07) is 6.13. The number of carbonyl (C=O) groups excluding carboxylic acids is 1. The molecule has 0 saturated heterocycles. The molecule has 1 amide bonds. The Morgan fingerprint density at radius 2 is 1.83 bits per heavy atom. The van der Waals surface area contributed by atoms with Crippen molar-refractivity contribution in [2.45, 2.75) is 26.7 Å². The molecular formula is C17H13F3INO. The lowest BCUT2D eigenvalue weighted by atomic mass is 10.0. The Morgan fingerprint density at radius 3 is 2.52 bits per heavy atom. The fourth-order valence-electron chi connectivity index (χ4n) is 2.84. The molecule has 3 rings (SSSR count). The normalized spacial score (nSPS) is 15.0. The van der Waals surface area contributed by atoms with Crippen molar-refractivity contribution in [3.05, 3.63) is 67.3 Å². The number of hydrogen-bond donors (Lipinski definition) is 0. The number of hydrogen-bond acceptors (Lipinski definition) is 1. The van der Waals surface area contributed by atoms with Crippen molar-refractivity contribution in [1.82, 2.24) is 4.90 Å². The molecule has 1 atom stereocenters. The third-order valence-corrected chi connectivity index (χ3v) is 4.66. The highest BCUT2D eigenvalue weighted by molar-refractivity contribution is 14.1. The molecule has 0 N–H and O–H groups in total. The van der Waals surface area contributed by atoms with E-state index < -0.39 is 29.4 Å². The summed E-state index contributed by atoms with van der Waals surface area (Å²) in [5.41, 5.74) is 1.54. The number of rotatable bonds is 2. The molecule has 2 nitrogen and oxygen atoms in total. The molecule has 0 spiro atoms. The van der Waals surface area contributed by atoms with Gasteiger partial charge in [-0.15, -0.1) is 0 Å². The zero-order valence-electron chi connectivity index (χ0n) is 12.5. The van der Waals surface area contributed by atoms with E-state index in [-0.39, 0.29) is 12.1 Å². The fourth-order valence-corrected chi connectivity index (χ4v) is 3.68. The van der Waals surface area contributed by atoms with Gasteiger partial charge >= 0.3 is 0 Å². The van der Waals surface area contributed by atoms with Crippen LogP contribution in [0.25, 0.3) is 0 Å². The third kappa shape index (κ3) is 2.62. The Kier molecular flexibility index (Phi) is 4.12. The SMILES string of the molecule is Cc1ccc(C(F)N2Cc3cc(I)cc(C)c3C2=O)c(F)c1F. The van der Waals surface area contributed by atoms with Crippen LogP contribution >= 0.6 is 22.6 Å². The Hall–Kier alpha value is -1.57. The van der Waals surface area contributed by atoms with Crippen LogP contribution in [0.4, 0.5) is 13.2 Å². The van der Waals surface area contributed by atoms with Gasteiger partial charge in [0, 0.05) is 21.2 Å². The molecule has 2 aromatic rings. The quantitative estimate of drug-likeness (QED) is 0.494. The van der Waals surface area contributed by atoms with Gasteiger partial charge in [-0.25, -0.2) is 13.2 Å². The summed E-state index contributed by atoms with van der Waals surface area (Å²) in [7, 11) is 0. The van der Waals surface area contributed by atoms with Gasteiger partial charge in [-0.3, -0.25) is 4.79 Å². The van der Waals surface area contributed by atoms with E-state index in [1.165, 1.54) is 19.1 Å². The first-order valence-electron chi connectivity index (χ1n) is 6.99. The molecule has 0 radical (unpaired) electrons. The molecule has 6 heteroatoms. The van der Waals surface area contributed by atoms with E-state index in [1.54, 1.807) is 13.0 Å². The van der Waals surface area contributed by atoms with Crippen LogP contribution in [0.3, 0.4) is 0 Å². The van der Waals surface area contributed by atoms with E-state index in [9.17, 15) is 18.0 Å². The zero-order valence-corrected chi connectivity index (χ0v) is 14.6. The van der Waals surface area contributed by atoms with Gasteiger partial charge in [0.2, 0.25) is 6.30 Å². The molecule has 1 unspecified atom stereocenters. The van der Waals surface area contributed by atoms with Gasteiger partial charge in [0.1, 0.15) is 0 Å². The summed E-state index contributed by atoms with van der Waals surface area (Å²) in [5.74, 6) is -2.82. The average Bonchev–Trinajstić information content (AvgIpc) is 2.81. The number of aryl methyl sites for hydroxylation is 2. The van der Waals surface area contributed by atoms with Gasteiger partial charge in [-0.05, 0) is 65.3 Å². The zero-order chi connectivity index (χ0) is 16.9. The second kappa shape index (κ2) is 5.81. The Labute approximate surface area is 145 Å². The maximum atomic E-state index is 14.8. The number of amides is 1. The highest BCUT2D eigenvalue weighted by Gasteiger charge is 2.36. The van der Waals surface area contributed by atoms with Crippen LogP contribution in [-0.2, 0) is 6.54 Å². The van der Waals surface area contributed by atoms with Crippen LogP contribution in [0.1, 0.15) is 38.9 Å². The topological polar surface area (TPSA) is 20.3 Å². The van der Waals surface area contributed by atoms with Gasteiger partial charge in [0.05, 0.1) is 0 Å². The molecule has 2 aromatic carbocycles. The van der Waals surface area contributed by atoms with E-state index in [0.717, 1.165) is 14.0 Å². The van der Waals surface area contributed by atoms with Gasteiger partial charge < -0.3 is 4.90 Å². The first kappa shape index (κ1) is 16.3. The minimum Gasteiger partial charge on any atom is -0.300 e. The standard InChI is InChI=1S/C17H13F3INO/c1-8-3-4-12(15(19)14(8)18)16(20)22-7-10-6-11(21)5-9(2)13(10)17(22)23/h3-6,16H,7H2,1-2H3. The predicted molar refractivity (Wildman–Crippen MR) is 88.7 cm³/mol. The molecule has 23 heavy (non-hydrogen) atoms. The van der Waals surface area contributed by atoms with Crippen LogP contribution in [0.15, 0.2) is 24.3 Å². The van der Waals surface area contributed by atoms with Crippen molar-refractivity contribution in [1.29, 1.82) is 0 Å².